The van der Waals surface area contributed by atoms with Gasteiger partial charge in [0, 0.05) is 45.5 Å². The smallest absolute Gasteiger partial charge is 0.238 e. The molecule has 0 spiro atoms. The Kier molecular flexibility index (Phi) is 6.36. The molecule has 1 aliphatic heterocycles. The summed E-state index contributed by atoms with van der Waals surface area (Å²) in [6.07, 6.45) is 0. The standard InChI is InChI=1S/C17H27N3O2/c1-14-5-4-6-16(15(14)2)18-17(21)13-20-9-7-19(8-10-20)11-12-22-3/h4-6H,7-13H2,1-3H3,(H,18,21). The van der Waals surface area contributed by atoms with Crippen molar-refractivity contribution in [3.05, 3.63) is 29.3 Å². The zero-order valence-electron chi connectivity index (χ0n) is 13.9. The maximum Gasteiger partial charge on any atom is 0.238 e. The van der Waals surface area contributed by atoms with Crippen LogP contribution < -0.4 is 5.32 Å². The Bertz CT molecular complexity index is 497. The summed E-state index contributed by atoms with van der Waals surface area (Å²) in [5, 5.41) is 3.03. The van der Waals surface area contributed by atoms with Crippen LogP contribution in [0.4, 0.5) is 5.69 Å². The molecular formula is C17H27N3O2. The van der Waals surface area contributed by atoms with Gasteiger partial charge in [0.2, 0.25) is 5.91 Å². The molecule has 0 aliphatic carbocycles. The van der Waals surface area contributed by atoms with Crippen LogP contribution >= 0.6 is 0 Å². The van der Waals surface area contributed by atoms with Gasteiger partial charge in [-0.1, -0.05) is 12.1 Å². The normalized spacial score (nSPS) is 16.7. The number of carbonyl (C=O) groups is 1. The molecule has 0 radical (unpaired) electrons. The van der Waals surface area contributed by atoms with E-state index in [2.05, 4.69) is 28.1 Å². The number of ether oxygens (including phenoxy) is 1. The van der Waals surface area contributed by atoms with Crippen LogP contribution in [0.5, 0.6) is 0 Å². The molecule has 122 valence electrons. The lowest BCUT2D eigenvalue weighted by Crippen LogP contribution is -2.49. The SMILES string of the molecule is COCCN1CCN(CC(=O)Nc2cccc(C)c2C)CC1. The molecule has 1 aromatic rings. The van der Waals surface area contributed by atoms with E-state index in [1.165, 1.54) is 5.56 Å². The minimum Gasteiger partial charge on any atom is -0.383 e. The Morgan fingerprint density at radius 2 is 1.86 bits per heavy atom. The number of rotatable bonds is 6. The molecule has 0 saturated carbocycles. The van der Waals surface area contributed by atoms with E-state index in [1.54, 1.807) is 7.11 Å². The first-order valence-corrected chi connectivity index (χ1v) is 7.90. The quantitative estimate of drug-likeness (QED) is 0.865. The van der Waals surface area contributed by atoms with E-state index >= 15 is 0 Å². The van der Waals surface area contributed by atoms with Crippen LogP contribution in [0.25, 0.3) is 0 Å². The fourth-order valence-corrected chi connectivity index (χ4v) is 2.67. The first-order chi connectivity index (χ1) is 10.6. The van der Waals surface area contributed by atoms with Gasteiger partial charge >= 0.3 is 0 Å². The lowest BCUT2D eigenvalue weighted by Gasteiger charge is -2.34. The summed E-state index contributed by atoms with van der Waals surface area (Å²) in [7, 11) is 1.73. The number of benzene rings is 1. The number of hydrogen-bond donors (Lipinski definition) is 1. The second-order valence-electron chi connectivity index (χ2n) is 5.91. The van der Waals surface area contributed by atoms with Gasteiger partial charge in [0.05, 0.1) is 13.2 Å². The summed E-state index contributed by atoms with van der Waals surface area (Å²) in [5.41, 5.74) is 3.26. The molecule has 1 aliphatic rings. The van der Waals surface area contributed by atoms with Crippen molar-refractivity contribution in [1.29, 1.82) is 0 Å². The fraction of sp³-hybridized carbons (Fsp3) is 0.588. The van der Waals surface area contributed by atoms with Crippen LogP contribution in [-0.2, 0) is 9.53 Å². The second-order valence-corrected chi connectivity index (χ2v) is 5.91. The number of carbonyl (C=O) groups excluding carboxylic acids is 1. The van der Waals surface area contributed by atoms with Crippen LogP contribution in [0.15, 0.2) is 18.2 Å². The van der Waals surface area contributed by atoms with Crippen molar-refractivity contribution in [2.45, 2.75) is 13.8 Å². The van der Waals surface area contributed by atoms with Crippen LogP contribution in [0.3, 0.4) is 0 Å². The van der Waals surface area contributed by atoms with Crippen LogP contribution in [0, 0.1) is 13.8 Å². The monoisotopic (exact) mass is 305 g/mol. The lowest BCUT2D eigenvalue weighted by molar-refractivity contribution is -0.117. The maximum atomic E-state index is 12.2. The van der Waals surface area contributed by atoms with Crippen molar-refractivity contribution in [3.8, 4) is 0 Å². The zero-order valence-corrected chi connectivity index (χ0v) is 13.9. The highest BCUT2D eigenvalue weighted by Crippen LogP contribution is 2.17. The molecule has 1 amide bonds. The molecule has 0 bridgehead atoms. The third kappa shape index (κ3) is 4.80. The van der Waals surface area contributed by atoms with E-state index in [0.717, 1.165) is 50.6 Å². The highest BCUT2D eigenvalue weighted by atomic mass is 16.5. The van der Waals surface area contributed by atoms with Crippen LogP contribution in [0.1, 0.15) is 11.1 Å². The van der Waals surface area contributed by atoms with E-state index in [9.17, 15) is 4.79 Å². The minimum atomic E-state index is 0.0686. The highest BCUT2D eigenvalue weighted by molar-refractivity contribution is 5.93. The fourth-order valence-electron chi connectivity index (χ4n) is 2.67. The van der Waals surface area contributed by atoms with Gasteiger partial charge in [0.25, 0.3) is 0 Å². The molecule has 5 nitrogen and oxygen atoms in total. The number of amides is 1. The van der Waals surface area contributed by atoms with Crippen molar-refractivity contribution in [3.63, 3.8) is 0 Å². The molecule has 2 rings (SSSR count). The maximum absolute atomic E-state index is 12.2. The van der Waals surface area contributed by atoms with Gasteiger partial charge in [-0.15, -0.1) is 0 Å². The van der Waals surface area contributed by atoms with E-state index in [-0.39, 0.29) is 5.91 Å². The molecule has 0 atom stereocenters. The average molecular weight is 305 g/mol. The Balaban J connectivity index is 1.77. The Morgan fingerprint density at radius 1 is 1.18 bits per heavy atom. The summed E-state index contributed by atoms with van der Waals surface area (Å²) in [6, 6.07) is 6.00. The lowest BCUT2D eigenvalue weighted by atomic mass is 10.1. The van der Waals surface area contributed by atoms with Crippen molar-refractivity contribution >= 4 is 11.6 Å². The highest BCUT2D eigenvalue weighted by Gasteiger charge is 2.18. The van der Waals surface area contributed by atoms with Crippen LogP contribution in [0.2, 0.25) is 0 Å². The van der Waals surface area contributed by atoms with Gasteiger partial charge in [-0.25, -0.2) is 0 Å². The third-order valence-electron chi connectivity index (χ3n) is 4.32. The number of methoxy groups -OCH3 is 1. The number of piperazine rings is 1. The summed E-state index contributed by atoms with van der Waals surface area (Å²) >= 11 is 0. The zero-order chi connectivity index (χ0) is 15.9. The summed E-state index contributed by atoms with van der Waals surface area (Å²) in [6.45, 7) is 10.2. The van der Waals surface area contributed by atoms with Gasteiger partial charge in [0.1, 0.15) is 0 Å². The summed E-state index contributed by atoms with van der Waals surface area (Å²) in [5.74, 6) is 0.0686. The van der Waals surface area contributed by atoms with Crippen molar-refractivity contribution in [2.75, 3.05) is 58.3 Å². The van der Waals surface area contributed by atoms with E-state index in [0.29, 0.717) is 6.54 Å². The van der Waals surface area contributed by atoms with Gasteiger partial charge < -0.3 is 10.1 Å². The number of anilines is 1. The molecule has 5 heteroatoms. The minimum absolute atomic E-state index is 0.0686. The first-order valence-electron chi connectivity index (χ1n) is 7.90. The molecule has 0 aromatic heterocycles. The number of nitrogens with one attached hydrogen (secondary N) is 1. The molecule has 1 heterocycles. The third-order valence-corrected chi connectivity index (χ3v) is 4.32. The predicted octanol–water partition coefficient (Wildman–Crippen LogP) is 1.51. The number of aryl methyl sites for hydroxylation is 1. The largest absolute Gasteiger partial charge is 0.383 e. The molecular weight excluding hydrogens is 278 g/mol. The van der Waals surface area contributed by atoms with Gasteiger partial charge in [-0.2, -0.15) is 0 Å². The average Bonchev–Trinajstić information content (AvgIpc) is 2.51. The molecule has 1 aromatic carbocycles. The molecule has 1 saturated heterocycles. The van der Waals surface area contributed by atoms with Crippen molar-refractivity contribution in [2.24, 2.45) is 0 Å². The van der Waals surface area contributed by atoms with E-state index in [4.69, 9.17) is 4.74 Å². The number of hydrogen-bond acceptors (Lipinski definition) is 4. The summed E-state index contributed by atoms with van der Waals surface area (Å²) in [4.78, 5) is 16.8. The van der Waals surface area contributed by atoms with E-state index in [1.807, 2.05) is 19.1 Å². The molecule has 1 N–H and O–H groups in total. The Hall–Kier alpha value is -1.43. The van der Waals surface area contributed by atoms with E-state index < -0.39 is 0 Å². The van der Waals surface area contributed by atoms with Crippen molar-refractivity contribution in [1.82, 2.24) is 9.80 Å². The number of nitrogens with zero attached hydrogens (tertiary/aromatic N) is 2. The Morgan fingerprint density at radius 3 is 2.55 bits per heavy atom. The topological polar surface area (TPSA) is 44.8 Å². The van der Waals surface area contributed by atoms with Gasteiger partial charge in [0.15, 0.2) is 0 Å². The molecule has 22 heavy (non-hydrogen) atoms. The summed E-state index contributed by atoms with van der Waals surface area (Å²) < 4.78 is 5.10. The van der Waals surface area contributed by atoms with Crippen molar-refractivity contribution < 1.29 is 9.53 Å². The van der Waals surface area contributed by atoms with Gasteiger partial charge in [-0.05, 0) is 31.0 Å². The second kappa shape index (κ2) is 8.27. The van der Waals surface area contributed by atoms with Gasteiger partial charge in [-0.3, -0.25) is 14.6 Å². The van der Waals surface area contributed by atoms with Crippen LogP contribution in [-0.4, -0.2) is 68.7 Å². The predicted molar refractivity (Wildman–Crippen MR) is 89.3 cm³/mol. The Labute approximate surface area is 133 Å². The molecule has 0 unspecified atom stereocenters. The first kappa shape index (κ1) is 16.9. The molecule has 1 fully saturated rings.